The molecular weight excluding hydrogens is 351 g/mol. The van der Waals surface area contributed by atoms with Gasteiger partial charge in [-0.2, -0.15) is 0 Å². The van der Waals surface area contributed by atoms with Crippen molar-refractivity contribution in [2.24, 2.45) is 5.92 Å². The molecule has 3 aromatic rings. The van der Waals surface area contributed by atoms with Crippen LogP contribution in [0.2, 0.25) is 0 Å². The fourth-order valence-corrected chi connectivity index (χ4v) is 3.05. The Kier molecular flexibility index (Phi) is 6.65. The number of aromatic nitrogens is 2. The van der Waals surface area contributed by atoms with Crippen molar-refractivity contribution in [2.75, 3.05) is 6.61 Å². The van der Waals surface area contributed by atoms with Crippen molar-refractivity contribution in [3.05, 3.63) is 59.2 Å². The van der Waals surface area contributed by atoms with E-state index in [1.165, 1.54) is 11.6 Å². The van der Waals surface area contributed by atoms with Crippen LogP contribution < -0.4 is 4.74 Å². The molecule has 0 N–H and O–H groups in total. The van der Waals surface area contributed by atoms with Crippen molar-refractivity contribution in [2.45, 2.75) is 40.7 Å². The topological polar surface area (TPSA) is 27.1 Å². The van der Waals surface area contributed by atoms with E-state index in [2.05, 4.69) is 37.2 Å². The number of benzene rings is 1. The first-order chi connectivity index (χ1) is 12.0. The first-order valence-electron chi connectivity index (χ1n) is 8.79. The second-order valence-corrected chi connectivity index (χ2v) is 6.93. The summed E-state index contributed by atoms with van der Waals surface area (Å²) in [5.41, 5.74) is 3.91. The second-order valence-electron chi connectivity index (χ2n) is 6.93. The minimum absolute atomic E-state index is 0. The molecule has 0 saturated carbocycles. The number of hydrogen-bond acceptors (Lipinski definition) is 2. The number of hydrogen-bond donors (Lipinski definition) is 0. The van der Waals surface area contributed by atoms with E-state index in [4.69, 9.17) is 4.74 Å². The molecule has 0 atom stereocenters. The van der Waals surface area contributed by atoms with Gasteiger partial charge in [-0.15, -0.1) is 12.4 Å². The highest BCUT2D eigenvalue weighted by Gasteiger charge is 2.17. The van der Waals surface area contributed by atoms with Crippen molar-refractivity contribution in [3.8, 4) is 5.88 Å². The van der Waals surface area contributed by atoms with Gasteiger partial charge < -0.3 is 9.30 Å². The van der Waals surface area contributed by atoms with Crippen LogP contribution in [0.1, 0.15) is 37.1 Å². The number of halogens is 2. The standard InChI is InChI=1S/C21H25FN2O.ClH/c1-14(2)10-12-25-21-20-18(9-11-23-21)15(3)16(4)24(20)13-17-7-5-6-8-19(17)22;/h5-9,11,14H,10,12-13H2,1-4H3;1H. The molecule has 26 heavy (non-hydrogen) atoms. The lowest BCUT2D eigenvalue weighted by atomic mass is 10.1. The van der Waals surface area contributed by atoms with Crippen LogP contribution in [0.15, 0.2) is 36.5 Å². The normalized spacial score (nSPS) is 11.0. The zero-order chi connectivity index (χ0) is 18.0. The monoisotopic (exact) mass is 376 g/mol. The summed E-state index contributed by atoms with van der Waals surface area (Å²) < 4.78 is 22.2. The van der Waals surface area contributed by atoms with Crippen LogP contribution in [-0.4, -0.2) is 16.2 Å². The minimum Gasteiger partial charge on any atom is -0.476 e. The molecule has 2 aromatic heterocycles. The third kappa shape index (κ3) is 4.01. The van der Waals surface area contributed by atoms with E-state index in [-0.39, 0.29) is 18.2 Å². The molecule has 0 aliphatic carbocycles. The van der Waals surface area contributed by atoms with Gasteiger partial charge in [0.25, 0.3) is 0 Å². The Balaban J connectivity index is 0.00000243. The fraction of sp³-hybridized carbons (Fsp3) is 0.381. The van der Waals surface area contributed by atoms with Crippen LogP contribution in [0.3, 0.4) is 0 Å². The quantitative estimate of drug-likeness (QED) is 0.552. The van der Waals surface area contributed by atoms with Crippen molar-refractivity contribution in [3.63, 3.8) is 0 Å². The zero-order valence-electron chi connectivity index (χ0n) is 15.8. The summed E-state index contributed by atoms with van der Waals surface area (Å²) in [4.78, 5) is 4.45. The highest BCUT2D eigenvalue weighted by molar-refractivity contribution is 5.89. The molecule has 2 heterocycles. The molecule has 3 nitrogen and oxygen atoms in total. The van der Waals surface area contributed by atoms with Crippen molar-refractivity contribution in [1.29, 1.82) is 0 Å². The van der Waals surface area contributed by atoms with Crippen molar-refractivity contribution < 1.29 is 9.13 Å². The summed E-state index contributed by atoms with van der Waals surface area (Å²) >= 11 is 0. The Morgan fingerprint density at radius 2 is 1.88 bits per heavy atom. The molecule has 0 unspecified atom stereocenters. The smallest absolute Gasteiger partial charge is 0.238 e. The van der Waals surface area contributed by atoms with Crippen molar-refractivity contribution >= 4 is 23.3 Å². The van der Waals surface area contributed by atoms with Crippen molar-refractivity contribution in [1.82, 2.24) is 9.55 Å². The van der Waals surface area contributed by atoms with Gasteiger partial charge in [0.15, 0.2) is 0 Å². The molecule has 0 aliphatic heterocycles. The summed E-state index contributed by atoms with van der Waals surface area (Å²) in [7, 11) is 0. The summed E-state index contributed by atoms with van der Waals surface area (Å²) in [5, 5.41) is 1.11. The predicted molar refractivity (Wildman–Crippen MR) is 107 cm³/mol. The molecule has 5 heteroatoms. The highest BCUT2D eigenvalue weighted by atomic mass is 35.5. The molecule has 1 aromatic carbocycles. The van der Waals surface area contributed by atoms with Crippen LogP contribution in [0, 0.1) is 25.6 Å². The molecule has 140 valence electrons. The molecule has 0 aliphatic rings. The maximum Gasteiger partial charge on any atom is 0.238 e. The Bertz CT molecular complexity index is 889. The zero-order valence-corrected chi connectivity index (χ0v) is 16.6. The van der Waals surface area contributed by atoms with Gasteiger partial charge in [-0.25, -0.2) is 9.37 Å². The second kappa shape index (κ2) is 8.54. The lowest BCUT2D eigenvalue weighted by Crippen LogP contribution is -2.07. The van der Waals surface area contributed by atoms with E-state index in [1.54, 1.807) is 12.3 Å². The van der Waals surface area contributed by atoms with Gasteiger partial charge in [0.05, 0.1) is 13.2 Å². The SMILES string of the molecule is Cc1c(C)n(Cc2ccccc2F)c2c(OCCC(C)C)nccc12.Cl. The van der Waals surface area contributed by atoms with Crippen LogP contribution >= 0.6 is 12.4 Å². The van der Waals surface area contributed by atoms with Gasteiger partial charge in [-0.05, 0) is 43.9 Å². The number of rotatable bonds is 6. The third-order valence-electron chi connectivity index (χ3n) is 4.73. The summed E-state index contributed by atoms with van der Waals surface area (Å²) in [6.45, 7) is 9.60. The Morgan fingerprint density at radius 3 is 2.58 bits per heavy atom. The largest absolute Gasteiger partial charge is 0.476 e. The van der Waals surface area contributed by atoms with Crippen LogP contribution in [0.4, 0.5) is 4.39 Å². The molecule has 0 saturated heterocycles. The average molecular weight is 377 g/mol. The Hall–Kier alpha value is -2.07. The van der Waals surface area contributed by atoms with E-state index in [0.717, 1.165) is 23.0 Å². The van der Waals surface area contributed by atoms with Gasteiger partial charge in [0.1, 0.15) is 11.3 Å². The third-order valence-corrected chi connectivity index (χ3v) is 4.73. The summed E-state index contributed by atoms with van der Waals surface area (Å²) in [5.74, 6) is 1.02. The van der Waals surface area contributed by atoms with Crippen LogP contribution in [-0.2, 0) is 6.54 Å². The van der Waals surface area contributed by atoms with Crippen LogP contribution in [0.25, 0.3) is 10.9 Å². The number of ether oxygens (including phenoxy) is 1. The molecule has 3 rings (SSSR count). The Morgan fingerprint density at radius 1 is 1.15 bits per heavy atom. The first-order valence-corrected chi connectivity index (χ1v) is 8.79. The number of fused-ring (bicyclic) bond motifs is 1. The molecular formula is C21H26ClFN2O. The van der Waals surface area contributed by atoms with E-state index < -0.39 is 0 Å². The maximum atomic E-state index is 14.1. The van der Waals surface area contributed by atoms with Gasteiger partial charge in [-0.3, -0.25) is 0 Å². The molecule has 0 fully saturated rings. The molecule has 0 amide bonds. The van der Waals surface area contributed by atoms with Gasteiger partial charge in [0, 0.05) is 22.8 Å². The Labute approximate surface area is 160 Å². The van der Waals surface area contributed by atoms with Gasteiger partial charge in [-0.1, -0.05) is 32.0 Å². The van der Waals surface area contributed by atoms with E-state index >= 15 is 0 Å². The lowest BCUT2D eigenvalue weighted by Gasteiger charge is -2.13. The van der Waals surface area contributed by atoms with Gasteiger partial charge in [0.2, 0.25) is 5.88 Å². The lowest BCUT2D eigenvalue weighted by molar-refractivity contribution is 0.281. The number of pyridine rings is 1. The molecule has 0 spiro atoms. The number of nitrogens with zero attached hydrogens (tertiary/aromatic N) is 2. The average Bonchev–Trinajstić information content (AvgIpc) is 2.82. The molecule has 0 radical (unpaired) electrons. The summed E-state index contributed by atoms with van der Waals surface area (Å²) in [6.07, 6.45) is 2.76. The molecule has 0 bridgehead atoms. The van der Waals surface area contributed by atoms with Gasteiger partial charge >= 0.3 is 0 Å². The van der Waals surface area contributed by atoms with Crippen LogP contribution in [0.5, 0.6) is 5.88 Å². The predicted octanol–water partition coefficient (Wildman–Crippen LogP) is 5.69. The maximum absolute atomic E-state index is 14.1. The minimum atomic E-state index is -0.187. The fourth-order valence-electron chi connectivity index (χ4n) is 3.05. The first kappa shape index (κ1) is 20.2. The van der Waals surface area contributed by atoms with E-state index in [1.807, 2.05) is 18.2 Å². The van der Waals surface area contributed by atoms with E-state index in [0.29, 0.717) is 30.5 Å². The van der Waals surface area contributed by atoms with E-state index in [9.17, 15) is 4.39 Å². The summed E-state index contributed by atoms with van der Waals surface area (Å²) in [6, 6.07) is 8.91. The number of aryl methyl sites for hydroxylation is 1. The highest BCUT2D eigenvalue weighted by Crippen LogP contribution is 2.32.